The lowest BCUT2D eigenvalue weighted by Gasteiger charge is -2.16. The zero-order valence-corrected chi connectivity index (χ0v) is 8.21. The van der Waals surface area contributed by atoms with Gasteiger partial charge in [0.25, 0.3) is 0 Å². The highest BCUT2D eigenvalue weighted by Gasteiger charge is 2.36. The van der Waals surface area contributed by atoms with E-state index in [0.29, 0.717) is 19.4 Å². The molecular weight excluding hydrogens is 168 g/mol. The molecular formula is C10H16O3. The predicted molar refractivity (Wildman–Crippen MR) is 49.3 cm³/mol. The number of carbonyl (C=O) groups is 1. The average molecular weight is 184 g/mol. The van der Waals surface area contributed by atoms with E-state index in [1.165, 1.54) is 0 Å². The van der Waals surface area contributed by atoms with Crippen LogP contribution in [0.2, 0.25) is 0 Å². The quantitative estimate of drug-likeness (QED) is 0.623. The van der Waals surface area contributed by atoms with Crippen LogP contribution in [0.1, 0.15) is 26.7 Å². The van der Waals surface area contributed by atoms with Gasteiger partial charge in [0.1, 0.15) is 6.10 Å². The maximum absolute atomic E-state index is 11.4. The molecule has 0 aliphatic carbocycles. The van der Waals surface area contributed by atoms with Crippen molar-refractivity contribution in [2.75, 3.05) is 6.61 Å². The Kier molecular flexibility index (Phi) is 3.22. The van der Waals surface area contributed by atoms with E-state index >= 15 is 0 Å². The van der Waals surface area contributed by atoms with Gasteiger partial charge in [0.05, 0.1) is 6.61 Å². The molecule has 0 amide bonds. The second-order valence-electron chi connectivity index (χ2n) is 3.61. The fourth-order valence-electron chi connectivity index (χ4n) is 1.25. The molecule has 3 heteroatoms. The van der Waals surface area contributed by atoms with Gasteiger partial charge in [0.15, 0.2) is 11.6 Å². The molecule has 0 radical (unpaired) electrons. The Balaban J connectivity index is 2.37. The van der Waals surface area contributed by atoms with Crippen LogP contribution in [0, 0.1) is 0 Å². The minimum atomic E-state index is -0.603. The normalized spacial score (nSPS) is 25.8. The van der Waals surface area contributed by atoms with Crippen LogP contribution in [-0.4, -0.2) is 24.3 Å². The van der Waals surface area contributed by atoms with Crippen molar-refractivity contribution in [3.05, 3.63) is 12.7 Å². The molecule has 1 saturated heterocycles. The van der Waals surface area contributed by atoms with E-state index in [1.807, 2.05) is 13.8 Å². The van der Waals surface area contributed by atoms with Gasteiger partial charge in [-0.25, -0.2) is 0 Å². The van der Waals surface area contributed by atoms with Crippen LogP contribution in [-0.2, 0) is 14.3 Å². The molecule has 74 valence electrons. The third-order valence-corrected chi connectivity index (χ3v) is 1.96. The van der Waals surface area contributed by atoms with Gasteiger partial charge >= 0.3 is 0 Å². The van der Waals surface area contributed by atoms with Gasteiger partial charge < -0.3 is 9.47 Å². The van der Waals surface area contributed by atoms with Crippen LogP contribution < -0.4 is 0 Å². The molecule has 3 nitrogen and oxygen atoms in total. The molecule has 13 heavy (non-hydrogen) atoms. The molecule has 1 fully saturated rings. The number of ether oxygens (including phenoxy) is 2. The van der Waals surface area contributed by atoms with Crippen molar-refractivity contribution >= 4 is 5.78 Å². The minimum absolute atomic E-state index is 0.102. The van der Waals surface area contributed by atoms with Crippen molar-refractivity contribution in [1.82, 2.24) is 0 Å². The zero-order chi connectivity index (χ0) is 9.90. The Bertz CT molecular complexity index is 208. The van der Waals surface area contributed by atoms with E-state index in [0.717, 1.165) is 0 Å². The lowest BCUT2D eigenvalue weighted by atomic mass is 10.1. The summed E-state index contributed by atoms with van der Waals surface area (Å²) in [6.07, 6.45) is 2.56. The van der Waals surface area contributed by atoms with Crippen molar-refractivity contribution in [3.8, 4) is 0 Å². The topological polar surface area (TPSA) is 35.5 Å². The summed E-state index contributed by atoms with van der Waals surface area (Å²) in [5, 5.41) is 0. The highest BCUT2D eigenvalue weighted by molar-refractivity contribution is 5.83. The van der Waals surface area contributed by atoms with Gasteiger partial charge in [-0.1, -0.05) is 6.08 Å². The van der Waals surface area contributed by atoms with Crippen molar-refractivity contribution in [2.24, 2.45) is 0 Å². The predicted octanol–water partition coefficient (Wildman–Crippen LogP) is 1.67. The summed E-state index contributed by atoms with van der Waals surface area (Å²) in [5.74, 6) is -0.500. The van der Waals surface area contributed by atoms with Crippen molar-refractivity contribution in [1.29, 1.82) is 0 Å². The van der Waals surface area contributed by atoms with Gasteiger partial charge in [0, 0.05) is 6.42 Å². The van der Waals surface area contributed by atoms with E-state index in [-0.39, 0.29) is 11.9 Å². The summed E-state index contributed by atoms with van der Waals surface area (Å²) in [5.41, 5.74) is 0. The number of hydrogen-bond acceptors (Lipinski definition) is 3. The van der Waals surface area contributed by atoms with Gasteiger partial charge in [-0.2, -0.15) is 0 Å². The largest absolute Gasteiger partial charge is 0.347 e. The highest BCUT2D eigenvalue weighted by Crippen LogP contribution is 2.23. The van der Waals surface area contributed by atoms with E-state index in [2.05, 4.69) is 6.58 Å². The van der Waals surface area contributed by atoms with Crippen LogP contribution in [0.3, 0.4) is 0 Å². The fraction of sp³-hybridized carbons (Fsp3) is 0.700. The number of ketones is 1. The van der Waals surface area contributed by atoms with E-state index in [4.69, 9.17) is 9.47 Å². The molecule has 1 heterocycles. The molecule has 0 N–H and O–H groups in total. The molecule has 0 saturated carbocycles. The van der Waals surface area contributed by atoms with E-state index < -0.39 is 5.79 Å². The molecule has 0 unspecified atom stereocenters. The van der Waals surface area contributed by atoms with Crippen molar-refractivity contribution in [2.45, 2.75) is 38.6 Å². The first kappa shape index (κ1) is 10.4. The Labute approximate surface area is 78.7 Å². The third kappa shape index (κ3) is 2.94. The molecule has 0 bridgehead atoms. The molecule has 1 atom stereocenters. The van der Waals surface area contributed by atoms with Crippen LogP contribution >= 0.6 is 0 Å². The molecule has 1 aliphatic heterocycles. The molecule has 0 aromatic carbocycles. The van der Waals surface area contributed by atoms with E-state index in [9.17, 15) is 4.79 Å². The molecule has 1 aliphatic rings. The number of carbonyl (C=O) groups excluding carboxylic acids is 1. The van der Waals surface area contributed by atoms with Crippen molar-refractivity contribution in [3.63, 3.8) is 0 Å². The van der Waals surface area contributed by atoms with E-state index in [1.54, 1.807) is 6.08 Å². The summed E-state index contributed by atoms with van der Waals surface area (Å²) < 4.78 is 10.7. The first-order valence-corrected chi connectivity index (χ1v) is 4.50. The van der Waals surface area contributed by atoms with Gasteiger partial charge in [-0.15, -0.1) is 6.58 Å². The Morgan fingerprint density at radius 2 is 2.38 bits per heavy atom. The smallest absolute Gasteiger partial charge is 0.164 e. The van der Waals surface area contributed by atoms with Crippen LogP contribution in [0.4, 0.5) is 0 Å². The second kappa shape index (κ2) is 4.03. The summed E-state index contributed by atoms with van der Waals surface area (Å²) in [4.78, 5) is 11.4. The van der Waals surface area contributed by atoms with Gasteiger partial charge in [-0.3, -0.25) is 4.79 Å². The Hall–Kier alpha value is -0.670. The SMILES string of the molecule is C=CCCC(=O)[C@@H]1COC(C)(C)O1. The number of rotatable bonds is 4. The Morgan fingerprint density at radius 1 is 1.69 bits per heavy atom. The fourth-order valence-corrected chi connectivity index (χ4v) is 1.25. The monoisotopic (exact) mass is 184 g/mol. The first-order valence-electron chi connectivity index (χ1n) is 4.50. The van der Waals surface area contributed by atoms with Crippen LogP contribution in [0.5, 0.6) is 0 Å². The highest BCUT2D eigenvalue weighted by atomic mass is 16.7. The standard InChI is InChI=1S/C10H16O3/c1-4-5-6-8(11)9-7-12-10(2,3)13-9/h4,9H,1,5-7H2,2-3H3/t9-/m0/s1. The maximum Gasteiger partial charge on any atom is 0.164 e. The molecule has 1 rings (SSSR count). The molecule has 0 aromatic heterocycles. The summed E-state index contributed by atoms with van der Waals surface area (Å²) >= 11 is 0. The Morgan fingerprint density at radius 3 is 2.85 bits per heavy atom. The lowest BCUT2D eigenvalue weighted by Crippen LogP contribution is -2.26. The summed E-state index contributed by atoms with van der Waals surface area (Å²) in [6.45, 7) is 7.57. The molecule has 0 aromatic rings. The first-order chi connectivity index (χ1) is 6.05. The zero-order valence-electron chi connectivity index (χ0n) is 8.21. The van der Waals surface area contributed by atoms with Gasteiger partial charge in [0.2, 0.25) is 0 Å². The second-order valence-corrected chi connectivity index (χ2v) is 3.61. The number of hydrogen-bond donors (Lipinski definition) is 0. The average Bonchev–Trinajstić information content (AvgIpc) is 2.42. The minimum Gasteiger partial charge on any atom is -0.347 e. The molecule has 0 spiro atoms. The summed E-state index contributed by atoms with van der Waals surface area (Å²) in [6, 6.07) is 0. The lowest BCUT2D eigenvalue weighted by molar-refractivity contribution is -0.151. The summed E-state index contributed by atoms with van der Waals surface area (Å²) in [7, 11) is 0. The van der Waals surface area contributed by atoms with Crippen LogP contribution in [0.15, 0.2) is 12.7 Å². The number of Topliss-reactive ketones (excluding diaryl/α,β-unsaturated/α-hetero) is 1. The number of allylic oxidation sites excluding steroid dienone is 1. The third-order valence-electron chi connectivity index (χ3n) is 1.96. The van der Waals surface area contributed by atoms with Crippen LogP contribution in [0.25, 0.3) is 0 Å². The maximum atomic E-state index is 11.4. The van der Waals surface area contributed by atoms with Gasteiger partial charge in [-0.05, 0) is 20.3 Å². The van der Waals surface area contributed by atoms with Crippen molar-refractivity contribution < 1.29 is 14.3 Å².